The van der Waals surface area contributed by atoms with Gasteiger partial charge in [-0.2, -0.15) is 0 Å². The molecule has 0 aromatic heterocycles. The van der Waals surface area contributed by atoms with Crippen molar-refractivity contribution < 1.29 is 13.2 Å². The SMILES string of the molecule is CCCCCCCS(=O)(=O)c1ccc(NC(=O)C2=C(CCC)N3CCCN=C3S2)cc1.Cl. The molecule has 0 saturated carbocycles. The quantitative estimate of drug-likeness (QED) is 0.400. The van der Waals surface area contributed by atoms with Gasteiger partial charge in [-0.3, -0.25) is 9.79 Å². The van der Waals surface area contributed by atoms with Gasteiger partial charge in [-0.25, -0.2) is 8.42 Å². The summed E-state index contributed by atoms with van der Waals surface area (Å²) in [6, 6.07) is 6.53. The minimum absolute atomic E-state index is 0. The number of thioether (sulfide) groups is 1. The molecule has 2 aliphatic rings. The summed E-state index contributed by atoms with van der Waals surface area (Å²) < 4.78 is 25.1. The summed E-state index contributed by atoms with van der Waals surface area (Å²) in [7, 11) is -3.29. The average molecular weight is 500 g/mol. The smallest absolute Gasteiger partial charge is 0.264 e. The number of allylic oxidation sites excluding steroid dienone is 1. The van der Waals surface area contributed by atoms with Gasteiger partial charge in [0, 0.05) is 24.5 Å². The van der Waals surface area contributed by atoms with Gasteiger partial charge in [0.1, 0.15) is 0 Å². The molecule has 0 spiro atoms. The number of sulfone groups is 1. The van der Waals surface area contributed by atoms with E-state index in [1.165, 1.54) is 11.8 Å². The third-order valence-corrected chi connectivity index (χ3v) is 8.45. The number of nitrogens with zero attached hydrogens (tertiary/aromatic N) is 2. The Kier molecular flexibility index (Phi) is 10.6. The van der Waals surface area contributed by atoms with Crippen LogP contribution < -0.4 is 5.32 Å². The number of amides is 1. The molecule has 0 bridgehead atoms. The molecule has 0 aliphatic carbocycles. The molecule has 3 rings (SSSR count). The molecular weight excluding hydrogens is 466 g/mol. The number of nitrogens with one attached hydrogen (secondary N) is 1. The van der Waals surface area contributed by atoms with Gasteiger partial charge in [0.15, 0.2) is 15.0 Å². The molecule has 32 heavy (non-hydrogen) atoms. The number of hydrogen-bond donors (Lipinski definition) is 1. The zero-order valence-electron chi connectivity index (χ0n) is 18.9. The highest BCUT2D eigenvalue weighted by atomic mass is 35.5. The van der Waals surface area contributed by atoms with Gasteiger partial charge in [0.2, 0.25) is 0 Å². The van der Waals surface area contributed by atoms with Gasteiger partial charge in [-0.05, 0) is 55.3 Å². The molecule has 1 aromatic carbocycles. The summed E-state index contributed by atoms with van der Waals surface area (Å²) in [6.45, 7) is 5.96. The highest BCUT2D eigenvalue weighted by Crippen LogP contribution is 2.38. The molecule has 0 fully saturated rings. The topological polar surface area (TPSA) is 78.8 Å². The van der Waals surface area contributed by atoms with Crippen LogP contribution >= 0.6 is 24.2 Å². The van der Waals surface area contributed by atoms with Gasteiger partial charge in [0.25, 0.3) is 5.91 Å². The number of benzene rings is 1. The minimum Gasteiger partial charge on any atom is -0.323 e. The van der Waals surface area contributed by atoms with Crippen LogP contribution in [-0.4, -0.2) is 43.2 Å². The highest BCUT2D eigenvalue weighted by Gasteiger charge is 2.33. The molecule has 1 amide bonds. The molecule has 178 valence electrons. The van der Waals surface area contributed by atoms with Crippen molar-refractivity contribution in [1.82, 2.24) is 4.90 Å². The normalized spacial score (nSPS) is 15.8. The first-order chi connectivity index (χ1) is 15.0. The van der Waals surface area contributed by atoms with Crippen molar-refractivity contribution in [3.05, 3.63) is 34.9 Å². The molecule has 2 heterocycles. The number of carbonyl (C=O) groups excluding carboxylic acids is 1. The Balaban J connectivity index is 0.00000363. The number of anilines is 1. The summed E-state index contributed by atoms with van der Waals surface area (Å²) >= 11 is 1.44. The minimum atomic E-state index is -3.29. The second-order valence-electron chi connectivity index (χ2n) is 8.01. The first kappa shape index (κ1) is 26.7. The zero-order valence-corrected chi connectivity index (χ0v) is 21.4. The second kappa shape index (κ2) is 12.7. The van der Waals surface area contributed by atoms with Crippen LogP contribution in [0, 0.1) is 0 Å². The van der Waals surface area contributed by atoms with Crippen molar-refractivity contribution in [2.75, 3.05) is 24.2 Å². The lowest BCUT2D eigenvalue weighted by Crippen LogP contribution is -2.29. The van der Waals surface area contributed by atoms with E-state index in [1.54, 1.807) is 24.3 Å². The molecular formula is C23H34ClN3O3S2. The summed E-state index contributed by atoms with van der Waals surface area (Å²) in [4.78, 5) is 20.7. The largest absolute Gasteiger partial charge is 0.323 e. The van der Waals surface area contributed by atoms with E-state index in [-0.39, 0.29) is 24.1 Å². The van der Waals surface area contributed by atoms with E-state index in [9.17, 15) is 13.2 Å². The van der Waals surface area contributed by atoms with E-state index in [0.29, 0.717) is 21.9 Å². The summed E-state index contributed by atoms with van der Waals surface area (Å²) in [5.41, 5.74) is 1.65. The van der Waals surface area contributed by atoms with Crippen LogP contribution in [0.2, 0.25) is 0 Å². The van der Waals surface area contributed by atoms with Gasteiger partial charge >= 0.3 is 0 Å². The first-order valence-electron chi connectivity index (χ1n) is 11.3. The van der Waals surface area contributed by atoms with E-state index in [0.717, 1.165) is 68.9 Å². The predicted octanol–water partition coefficient (Wildman–Crippen LogP) is 5.61. The molecule has 0 radical (unpaired) electrons. The molecule has 9 heteroatoms. The molecule has 0 unspecified atom stereocenters. The number of aliphatic imine (C=N–C) groups is 1. The maximum Gasteiger partial charge on any atom is 0.264 e. The van der Waals surface area contributed by atoms with E-state index < -0.39 is 9.84 Å². The van der Waals surface area contributed by atoms with Crippen LogP contribution in [0.1, 0.15) is 65.2 Å². The number of carbonyl (C=O) groups is 1. The lowest BCUT2D eigenvalue weighted by atomic mass is 10.2. The average Bonchev–Trinajstić information content (AvgIpc) is 3.13. The lowest BCUT2D eigenvalue weighted by molar-refractivity contribution is -0.112. The summed E-state index contributed by atoms with van der Waals surface area (Å²) in [5.74, 6) is 0.0154. The molecule has 6 nitrogen and oxygen atoms in total. The van der Waals surface area contributed by atoms with Crippen molar-refractivity contribution in [3.8, 4) is 0 Å². The number of hydrogen-bond acceptors (Lipinski definition) is 6. The molecule has 0 saturated heterocycles. The lowest BCUT2D eigenvalue weighted by Gasteiger charge is -2.25. The van der Waals surface area contributed by atoms with Gasteiger partial charge in [0.05, 0.1) is 15.6 Å². The first-order valence-corrected chi connectivity index (χ1v) is 13.8. The Morgan fingerprint density at radius 3 is 2.50 bits per heavy atom. The fourth-order valence-corrected chi connectivity index (χ4v) is 6.30. The molecule has 1 aromatic rings. The van der Waals surface area contributed by atoms with Crippen molar-refractivity contribution in [2.45, 2.75) is 70.1 Å². The maximum atomic E-state index is 13.0. The molecule has 1 N–H and O–H groups in total. The van der Waals surface area contributed by atoms with Crippen molar-refractivity contribution >= 4 is 50.8 Å². The summed E-state index contributed by atoms with van der Waals surface area (Å²) in [6.07, 6.45) is 7.79. The second-order valence-corrected chi connectivity index (χ2v) is 11.1. The number of halogens is 1. The van der Waals surface area contributed by atoms with Gasteiger partial charge in [-0.1, -0.05) is 46.0 Å². The third-order valence-electron chi connectivity index (χ3n) is 5.48. The van der Waals surface area contributed by atoms with Crippen molar-refractivity contribution in [1.29, 1.82) is 0 Å². The fraction of sp³-hybridized carbons (Fsp3) is 0.565. The monoisotopic (exact) mass is 499 g/mol. The van der Waals surface area contributed by atoms with Crippen LogP contribution in [0.4, 0.5) is 5.69 Å². The Hall–Kier alpha value is -1.51. The standard InChI is InChI=1S/C23H33N3O3S2.ClH/c1-3-5-6-7-8-17-31(28,29)19-13-11-18(12-14-19)25-22(27)21-20(10-4-2)26-16-9-15-24-23(26)30-21;/h11-14H,3-10,15-17H2,1-2H3,(H,25,27);1H. The number of rotatable bonds is 11. The Labute approximate surface area is 202 Å². The highest BCUT2D eigenvalue weighted by molar-refractivity contribution is 8.18. The fourth-order valence-electron chi connectivity index (χ4n) is 3.80. The van der Waals surface area contributed by atoms with Gasteiger partial charge in [-0.15, -0.1) is 12.4 Å². The number of fused-ring (bicyclic) bond motifs is 1. The Morgan fingerprint density at radius 2 is 1.81 bits per heavy atom. The maximum absolute atomic E-state index is 13.0. The van der Waals surface area contributed by atoms with E-state index >= 15 is 0 Å². The van der Waals surface area contributed by atoms with Crippen LogP contribution in [-0.2, 0) is 14.6 Å². The molecule has 2 aliphatic heterocycles. The number of amidine groups is 1. The Bertz CT molecular complexity index is 944. The summed E-state index contributed by atoms with van der Waals surface area (Å²) in [5, 5.41) is 3.85. The zero-order chi connectivity index (χ0) is 22.3. The van der Waals surface area contributed by atoms with Crippen LogP contribution in [0.5, 0.6) is 0 Å². The van der Waals surface area contributed by atoms with Crippen LogP contribution in [0.15, 0.2) is 44.8 Å². The van der Waals surface area contributed by atoms with E-state index in [1.807, 2.05) is 0 Å². The van der Waals surface area contributed by atoms with E-state index in [4.69, 9.17) is 0 Å². The predicted molar refractivity (Wildman–Crippen MR) is 136 cm³/mol. The van der Waals surface area contributed by atoms with Gasteiger partial charge < -0.3 is 10.2 Å². The van der Waals surface area contributed by atoms with E-state index in [2.05, 4.69) is 29.1 Å². The third kappa shape index (κ3) is 6.75. The Morgan fingerprint density at radius 1 is 1.09 bits per heavy atom. The molecule has 0 atom stereocenters. The van der Waals surface area contributed by atoms with Crippen LogP contribution in [0.25, 0.3) is 0 Å². The van der Waals surface area contributed by atoms with Crippen molar-refractivity contribution in [3.63, 3.8) is 0 Å². The number of unbranched alkanes of at least 4 members (excludes halogenated alkanes) is 4. The van der Waals surface area contributed by atoms with Crippen LogP contribution in [0.3, 0.4) is 0 Å². The van der Waals surface area contributed by atoms with Crippen molar-refractivity contribution in [2.24, 2.45) is 4.99 Å².